The molecular formula is C23H27N3O3. The van der Waals surface area contributed by atoms with Crippen molar-refractivity contribution in [3.63, 3.8) is 0 Å². The number of fused-ring (bicyclic) bond motifs is 1. The zero-order chi connectivity index (χ0) is 20.1. The van der Waals surface area contributed by atoms with Gasteiger partial charge >= 0.3 is 0 Å². The van der Waals surface area contributed by atoms with Crippen LogP contribution in [-0.2, 0) is 16.1 Å². The molecule has 2 aliphatic heterocycles. The van der Waals surface area contributed by atoms with Crippen molar-refractivity contribution in [3.8, 4) is 5.75 Å². The van der Waals surface area contributed by atoms with E-state index in [1.54, 1.807) is 4.90 Å². The van der Waals surface area contributed by atoms with Crippen molar-refractivity contribution in [2.24, 2.45) is 0 Å². The number of rotatable bonds is 4. The highest BCUT2D eigenvalue weighted by Crippen LogP contribution is 2.30. The van der Waals surface area contributed by atoms with Gasteiger partial charge in [0.05, 0.1) is 18.7 Å². The second-order valence-corrected chi connectivity index (χ2v) is 7.54. The molecule has 2 amide bonds. The highest BCUT2D eigenvalue weighted by molar-refractivity contribution is 6.00. The normalized spacial score (nSPS) is 17.9. The van der Waals surface area contributed by atoms with E-state index >= 15 is 0 Å². The van der Waals surface area contributed by atoms with E-state index in [1.165, 1.54) is 5.56 Å². The van der Waals surface area contributed by atoms with E-state index in [4.69, 9.17) is 4.74 Å². The van der Waals surface area contributed by atoms with E-state index < -0.39 is 0 Å². The number of carbonyl (C=O) groups is 2. The molecule has 0 radical (unpaired) electrons. The van der Waals surface area contributed by atoms with Crippen molar-refractivity contribution >= 4 is 17.5 Å². The van der Waals surface area contributed by atoms with Crippen LogP contribution < -0.4 is 9.64 Å². The minimum atomic E-state index is -0.0659. The van der Waals surface area contributed by atoms with Gasteiger partial charge in [0.2, 0.25) is 11.8 Å². The average Bonchev–Trinajstić information content (AvgIpc) is 3.06. The summed E-state index contributed by atoms with van der Waals surface area (Å²) in [5.41, 5.74) is 1.97. The van der Waals surface area contributed by atoms with Crippen molar-refractivity contribution in [2.45, 2.75) is 19.4 Å². The first-order chi connectivity index (χ1) is 14.2. The molecule has 0 bridgehead atoms. The molecule has 1 saturated heterocycles. The van der Waals surface area contributed by atoms with Crippen LogP contribution in [-0.4, -0.2) is 60.9 Å². The van der Waals surface area contributed by atoms with Crippen molar-refractivity contribution in [1.29, 1.82) is 0 Å². The quantitative estimate of drug-likeness (QED) is 0.801. The molecule has 4 rings (SSSR count). The van der Waals surface area contributed by atoms with Gasteiger partial charge in [0, 0.05) is 32.7 Å². The minimum absolute atomic E-state index is 0.00314. The van der Waals surface area contributed by atoms with Crippen LogP contribution >= 0.6 is 0 Å². The van der Waals surface area contributed by atoms with Crippen LogP contribution in [0.4, 0.5) is 5.69 Å². The second kappa shape index (κ2) is 9.09. The molecule has 29 heavy (non-hydrogen) atoms. The Morgan fingerprint density at radius 2 is 1.72 bits per heavy atom. The molecule has 0 aliphatic carbocycles. The molecule has 2 aromatic carbocycles. The molecule has 0 spiro atoms. The SMILES string of the molecule is O=C(CN1C(=O)CCOc2ccccc21)N1CCCN(Cc2ccccc2)CC1. The summed E-state index contributed by atoms with van der Waals surface area (Å²) in [4.78, 5) is 31.5. The van der Waals surface area contributed by atoms with Gasteiger partial charge in [0.15, 0.2) is 0 Å². The lowest BCUT2D eigenvalue weighted by atomic mass is 10.2. The van der Waals surface area contributed by atoms with Crippen molar-refractivity contribution in [2.75, 3.05) is 44.2 Å². The fraction of sp³-hybridized carbons (Fsp3) is 0.391. The number of hydrogen-bond donors (Lipinski definition) is 0. The maximum Gasteiger partial charge on any atom is 0.242 e. The van der Waals surface area contributed by atoms with E-state index in [9.17, 15) is 9.59 Å². The van der Waals surface area contributed by atoms with E-state index in [-0.39, 0.29) is 24.8 Å². The third-order valence-corrected chi connectivity index (χ3v) is 5.51. The molecular weight excluding hydrogens is 366 g/mol. The number of benzene rings is 2. The third-order valence-electron chi connectivity index (χ3n) is 5.51. The van der Waals surface area contributed by atoms with Gasteiger partial charge < -0.3 is 9.64 Å². The lowest BCUT2D eigenvalue weighted by Gasteiger charge is -2.26. The molecule has 152 valence electrons. The summed E-state index contributed by atoms with van der Waals surface area (Å²) in [5.74, 6) is 0.594. The number of hydrogen-bond acceptors (Lipinski definition) is 4. The first-order valence-electron chi connectivity index (χ1n) is 10.3. The number of carbonyl (C=O) groups excluding carboxylic acids is 2. The predicted molar refractivity (Wildman–Crippen MR) is 112 cm³/mol. The number of amides is 2. The largest absolute Gasteiger partial charge is 0.491 e. The van der Waals surface area contributed by atoms with Gasteiger partial charge in [-0.2, -0.15) is 0 Å². The monoisotopic (exact) mass is 393 g/mol. The van der Waals surface area contributed by atoms with Crippen molar-refractivity contribution < 1.29 is 14.3 Å². The van der Waals surface area contributed by atoms with Gasteiger partial charge in [0.1, 0.15) is 12.3 Å². The lowest BCUT2D eigenvalue weighted by Crippen LogP contribution is -2.44. The fourth-order valence-corrected chi connectivity index (χ4v) is 3.95. The van der Waals surface area contributed by atoms with Gasteiger partial charge in [-0.25, -0.2) is 0 Å². The van der Waals surface area contributed by atoms with Crippen LogP contribution in [0.3, 0.4) is 0 Å². The third kappa shape index (κ3) is 4.77. The Labute approximate surface area is 171 Å². The van der Waals surface area contributed by atoms with Gasteiger partial charge in [-0.1, -0.05) is 42.5 Å². The first kappa shape index (κ1) is 19.5. The summed E-state index contributed by atoms with van der Waals surface area (Å²) >= 11 is 0. The van der Waals surface area contributed by atoms with Crippen LogP contribution in [0.15, 0.2) is 54.6 Å². The molecule has 0 aromatic heterocycles. The van der Waals surface area contributed by atoms with Gasteiger partial charge in [-0.05, 0) is 24.1 Å². The molecule has 6 nitrogen and oxygen atoms in total. The number of nitrogens with zero attached hydrogens (tertiary/aromatic N) is 3. The Balaban J connectivity index is 1.39. The first-order valence-corrected chi connectivity index (χ1v) is 10.3. The summed E-state index contributed by atoms with van der Waals surface area (Å²) in [5, 5.41) is 0. The number of para-hydroxylation sites is 2. The summed E-state index contributed by atoms with van der Waals surface area (Å²) < 4.78 is 5.67. The Bertz CT molecular complexity index is 855. The Kier molecular flexibility index (Phi) is 6.10. The fourth-order valence-electron chi connectivity index (χ4n) is 3.95. The van der Waals surface area contributed by atoms with Crippen LogP contribution in [0.2, 0.25) is 0 Å². The van der Waals surface area contributed by atoms with Crippen LogP contribution in [0.5, 0.6) is 5.75 Å². The number of anilines is 1. The summed E-state index contributed by atoms with van der Waals surface area (Å²) in [6, 6.07) is 17.9. The van der Waals surface area contributed by atoms with E-state index in [1.807, 2.05) is 35.2 Å². The van der Waals surface area contributed by atoms with E-state index in [0.717, 1.165) is 32.6 Å². The van der Waals surface area contributed by atoms with Crippen LogP contribution in [0.1, 0.15) is 18.4 Å². The molecule has 6 heteroatoms. The molecule has 0 atom stereocenters. The molecule has 2 heterocycles. The number of ether oxygens (including phenoxy) is 1. The average molecular weight is 393 g/mol. The summed E-state index contributed by atoms with van der Waals surface area (Å²) in [6.45, 7) is 4.54. The van der Waals surface area contributed by atoms with Crippen molar-refractivity contribution in [1.82, 2.24) is 9.80 Å². The Morgan fingerprint density at radius 3 is 2.59 bits per heavy atom. The van der Waals surface area contributed by atoms with E-state index in [0.29, 0.717) is 24.6 Å². The maximum absolute atomic E-state index is 13.0. The Morgan fingerprint density at radius 1 is 0.931 bits per heavy atom. The van der Waals surface area contributed by atoms with Crippen LogP contribution in [0.25, 0.3) is 0 Å². The minimum Gasteiger partial charge on any atom is -0.491 e. The van der Waals surface area contributed by atoms with Gasteiger partial charge in [-0.15, -0.1) is 0 Å². The van der Waals surface area contributed by atoms with Crippen LogP contribution in [0, 0.1) is 0 Å². The predicted octanol–water partition coefficient (Wildman–Crippen LogP) is 2.54. The van der Waals surface area contributed by atoms with Gasteiger partial charge in [0.25, 0.3) is 0 Å². The standard InChI is InChI=1S/C23H27N3O3/c27-22-11-16-29-21-10-5-4-9-20(21)26(22)18-23(28)25-13-6-12-24(14-15-25)17-19-7-2-1-3-8-19/h1-5,7-10H,6,11-18H2. The zero-order valence-corrected chi connectivity index (χ0v) is 16.6. The maximum atomic E-state index is 13.0. The highest BCUT2D eigenvalue weighted by atomic mass is 16.5. The summed E-state index contributed by atoms with van der Waals surface area (Å²) in [6.07, 6.45) is 1.22. The molecule has 1 fully saturated rings. The van der Waals surface area contributed by atoms with Crippen molar-refractivity contribution in [3.05, 3.63) is 60.2 Å². The topological polar surface area (TPSA) is 53.1 Å². The smallest absolute Gasteiger partial charge is 0.242 e. The zero-order valence-electron chi connectivity index (χ0n) is 16.6. The lowest BCUT2D eigenvalue weighted by molar-refractivity contribution is -0.131. The molecule has 0 saturated carbocycles. The molecule has 0 N–H and O–H groups in total. The second-order valence-electron chi connectivity index (χ2n) is 7.54. The molecule has 0 unspecified atom stereocenters. The Hall–Kier alpha value is -2.86. The van der Waals surface area contributed by atoms with E-state index in [2.05, 4.69) is 29.2 Å². The van der Waals surface area contributed by atoms with Gasteiger partial charge in [-0.3, -0.25) is 19.4 Å². The molecule has 2 aromatic rings. The molecule has 2 aliphatic rings. The summed E-state index contributed by atoms with van der Waals surface area (Å²) in [7, 11) is 0. The highest BCUT2D eigenvalue weighted by Gasteiger charge is 2.27.